The van der Waals surface area contributed by atoms with Gasteiger partial charge in [-0.2, -0.15) is 0 Å². The summed E-state index contributed by atoms with van der Waals surface area (Å²) in [4.78, 5) is 12.0. The summed E-state index contributed by atoms with van der Waals surface area (Å²) in [6.07, 6.45) is 1.94. The molecule has 0 saturated heterocycles. The number of rotatable bonds is 5. The number of unbranched alkanes of at least 4 members (excludes halogenated alkanes) is 1. The maximum atomic E-state index is 11.4. The van der Waals surface area contributed by atoms with Gasteiger partial charge in [0.05, 0.1) is 13.7 Å². The van der Waals surface area contributed by atoms with Crippen LogP contribution in [0.4, 0.5) is 0 Å². The molecule has 78 valence electrons. The van der Waals surface area contributed by atoms with Gasteiger partial charge in [0.25, 0.3) is 0 Å². The molecular formula is C10H14O3S. The first-order chi connectivity index (χ1) is 6.77. The lowest BCUT2D eigenvalue weighted by Gasteiger charge is -2.00. The van der Waals surface area contributed by atoms with E-state index in [0.29, 0.717) is 17.2 Å². The number of thiophene rings is 1. The summed E-state index contributed by atoms with van der Waals surface area (Å²) in [5.74, 6) is 0.448. The molecule has 0 N–H and O–H groups in total. The Morgan fingerprint density at radius 3 is 2.93 bits per heavy atom. The molecule has 1 rings (SSSR count). The summed E-state index contributed by atoms with van der Waals surface area (Å²) in [5, 5.41) is 1.79. The molecule has 0 spiro atoms. The van der Waals surface area contributed by atoms with Crippen molar-refractivity contribution in [1.29, 1.82) is 0 Å². The smallest absolute Gasteiger partial charge is 0.348 e. The first kappa shape index (κ1) is 11.0. The van der Waals surface area contributed by atoms with Gasteiger partial charge in [-0.1, -0.05) is 13.3 Å². The summed E-state index contributed by atoms with van der Waals surface area (Å²) >= 11 is 1.34. The van der Waals surface area contributed by atoms with Crippen molar-refractivity contribution >= 4 is 17.3 Å². The van der Waals surface area contributed by atoms with Crippen LogP contribution in [-0.2, 0) is 4.74 Å². The third-order valence-corrected chi connectivity index (χ3v) is 2.63. The highest BCUT2D eigenvalue weighted by atomic mass is 32.1. The number of hydrogen-bond acceptors (Lipinski definition) is 4. The molecule has 3 nitrogen and oxygen atoms in total. The number of ether oxygens (including phenoxy) is 2. The fourth-order valence-electron chi connectivity index (χ4n) is 0.913. The van der Waals surface area contributed by atoms with Gasteiger partial charge in [0.1, 0.15) is 10.6 Å². The van der Waals surface area contributed by atoms with Crippen LogP contribution in [0.25, 0.3) is 0 Å². The largest absolute Gasteiger partial charge is 0.496 e. The Kier molecular flexibility index (Phi) is 4.46. The monoisotopic (exact) mass is 214 g/mol. The second-order valence-corrected chi connectivity index (χ2v) is 3.75. The molecule has 14 heavy (non-hydrogen) atoms. The molecule has 0 aliphatic carbocycles. The van der Waals surface area contributed by atoms with Crippen molar-refractivity contribution in [3.05, 3.63) is 16.3 Å². The minimum atomic E-state index is -0.258. The van der Waals surface area contributed by atoms with Gasteiger partial charge in [0.15, 0.2) is 0 Å². The van der Waals surface area contributed by atoms with Crippen molar-refractivity contribution in [1.82, 2.24) is 0 Å². The fourth-order valence-corrected chi connectivity index (χ4v) is 1.66. The van der Waals surface area contributed by atoms with Crippen molar-refractivity contribution in [2.45, 2.75) is 19.8 Å². The molecule has 0 bridgehead atoms. The summed E-state index contributed by atoms with van der Waals surface area (Å²) in [6, 6.07) is 1.69. The zero-order chi connectivity index (χ0) is 10.4. The van der Waals surface area contributed by atoms with E-state index < -0.39 is 0 Å². The highest BCUT2D eigenvalue weighted by molar-refractivity contribution is 7.12. The van der Waals surface area contributed by atoms with Gasteiger partial charge >= 0.3 is 5.97 Å². The number of esters is 1. The SMILES string of the molecule is CCCCOC(=O)c1cc(OC)cs1. The minimum absolute atomic E-state index is 0.258. The molecule has 4 heteroatoms. The molecule has 1 heterocycles. The Morgan fingerprint density at radius 2 is 2.36 bits per heavy atom. The minimum Gasteiger partial charge on any atom is -0.496 e. The van der Waals surface area contributed by atoms with Gasteiger partial charge in [-0.05, 0) is 6.42 Å². The van der Waals surface area contributed by atoms with E-state index in [0.717, 1.165) is 12.8 Å². The zero-order valence-corrected chi connectivity index (χ0v) is 9.23. The van der Waals surface area contributed by atoms with Gasteiger partial charge in [0.2, 0.25) is 0 Å². The van der Waals surface area contributed by atoms with Gasteiger partial charge in [-0.15, -0.1) is 11.3 Å². The number of carbonyl (C=O) groups excluding carboxylic acids is 1. The lowest BCUT2D eigenvalue weighted by Crippen LogP contribution is -2.03. The fraction of sp³-hybridized carbons (Fsp3) is 0.500. The van der Waals surface area contributed by atoms with E-state index in [-0.39, 0.29) is 5.97 Å². The van der Waals surface area contributed by atoms with Crippen LogP contribution in [0.15, 0.2) is 11.4 Å². The van der Waals surface area contributed by atoms with Crippen molar-refractivity contribution in [3.8, 4) is 5.75 Å². The van der Waals surface area contributed by atoms with Crippen molar-refractivity contribution < 1.29 is 14.3 Å². The van der Waals surface area contributed by atoms with Gasteiger partial charge in [0, 0.05) is 11.4 Å². The van der Waals surface area contributed by atoms with Crippen LogP contribution in [0.5, 0.6) is 5.75 Å². The first-order valence-corrected chi connectivity index (χ1v) is 5.45. The molecule has 0 atom stereocenters. The Balaban J connectivity index is 2.44. The van der Waals surface area contributed by atoms with Crippen LogP contribution < -0.4 is 4.74 Å². The van der Waals surface area contributed by atoms with E-state index >= 15 is 0 Å². The molecule has 0 fully saturated rings. The van der Waals surface area contributed by atoms with Crippen molar-refractivity contribution in [3.63, 3.8) is 0 Å². The quantitative estimate of drug-likeness (QED) is 0.558. The zero-order valence-electron chi connectivity index (χ0n) is 8.41. The lowest BCUT2D eigenvalue weighted by molar-refractivity contribution is 0.0505. The summed E-state index contributed by atoms with van der Waals surface area (Å²) in [6.45, 7) is 2.55. The van der Waals surface area contributed by atoms with E-state index in [9.17, 15) is 4.79 Å². The van der Waals surface area contributed by atoms with Crippen LogP contribution in [0.3, 0.4) is 0 Å². The predicted molar refractivity (Wildman–Crippen MR) is 56.1 cm³/mol. The third kappa shape index (κ3) is 3.03. The standard InChI is InChI=1S/C10H14O3S/c1-3-4-5-13-10(11)9-6-8(12-2)7-14-9/h6-7H,3-5H2,1-2H3. The van der Waals surface area contributed by atoms with Crippen molar-refractivity contribution in [2.75, 3.05) is 13.7 Å². The maximum Gasteiger partial charge on any atom is 0.348 e. The topological polar surface area (TPSA) is 35.5 Å². The molecule has 0 amide bonds. The van der Waals surface area contributed by atoms with Crippen LogP contribution >= 0.6 is 11.3 Å². The molecule has 0 radical (unpaired) electrons. The van der Waals surface area contributed by atoms with E-state index in [1.165, 1.54) is 11.3 Å². The van der Waals surface area contributed by atoms with Crippen LogP contribution in [0.1, 0.15) is 29.4 Å². The van der Waals surface area contributed by atoms with E-state index in [1.807, 2.05) is 0 Å². The average molecular weight is 214 g/mol. The summed E-state index contributed by atoms with van der Waals surface area (Å²) in [5.41, 5.74) is 0. The number of hydrogen-bond donors (Lipinski definition) is 0. The van der Waals surface area contributed by atoms with Gasteiger partial charge in [-0.25, -0.2) is 4.79 Å². The predicted octanol–water partition coefficient (Wildman–Crippen LogP) is 2.71. The van der Waals surface area contributed by atoms with E-state index in [4.69, 9.17) is 9.47 Å². The normalized spacial score (nSPS) is 9.86. The lowest BCUT2D eigenvalue weighted by atomic mass is 10.4. The highest BCUT2D eigenvalue weighted by Crippen LogP contribution is 2.21. The van der Waals surface area contributed by atoms with Crippen LogP contribution in [0, 0.1) is 0 Å². The molecule has 1 aromatic heterocycles. The molecule has 0 aliphatic rings. The third-order valence-electron chi connectivity index (χ3n) is 1.74. The Morgan fingerprint density at radius 1 is 1.57 bits per heavy atom. The summed E-state index contributed by atoms with van der Waals surface area (Å²) < 4.78 is 10.0. The number of carbonyl (C=O) groups is 1. The molecule has 0 saturated carbocycles. The summed E-state index contributed by atoms with van der Waals surface area (Å²) in [7, 11) is 1.58. The van der Waals surface area contributed by atoms with E-state index in [1.54, 1.807) is 18.6 Å². The van der Waals surface area contributed by atoms with Gasteiger partial charge < -0.3 is 9.47 Å². The maximum absolute atomic E-state index is 11.4. The van der Waals surface area contributed by atoms with Crippen molar-refractivity contribution in [2.24, 2.45) is 0 Å². The first-order valence-electron chi connectivity index (χ1n) is 4.57. The molecule has 1 aromatic rings. The molecular weight excluding hydrogens is 200 g/mol. The Labute approximate surface area is 87.7 Å². The molecule has 0 aliphatic heterocycles. The van der Waals surface area contributed by atoms with E-state index in [2.05, 4.69) is 6.92 Å². The Bertz CT molecular complexity index is 293. The molecule has 0 aromatic carbocycles. The Hall–Kier alpha value is -1.03. The molecule has 0 unspecified atom stereocenters. The number of methoxy groups -OCH3 is 1. The average Bonchev–Trinajstić information content (AvgIpc) is 2.66. The van der Waals surface area contributed by atoms with Gasteiger partial charge in [-0.3, -0.25) is 0 Å². The second-order valence-electron chi connectivity index (χ2n) is 2.84. The second kappa shape index (κ2) is 5.65. The highest BCUT2D eigenvalue weighted by Gasteiger charge is 2.10. The van der Waals surface area contributed by atoms with Crippen LogP contribution in [0.2, 0.25) is 0 Å². The van der Waals surface area contributed by atoms with Crippen LogP contribution in [-0.4, -0.2) is 19.7 Å².